The monoisotopic (exact) mass is 291 g/mol. The zero-order chi connectivity index (χ0) is 13.9. The molecule has 0 aliphatic heterocycles. The normalized spacial score (nSPS) is 10.2. The van der Waals surface area contributed by atoms with Gasteiger partial charge in [0.05, 0.1) is 20.5 Å². The van der Waals surface area contributed by atoms with Gasteiger partial charge in [0.25, 0.3) is 11.6 Å². The number of halogens is 2. The standard InChI is InChI=1S/C10H11Cl2N3O3/c1-14(3-2-13)10(16)7-4-6(15(17)18)5-8(11)9(7)12/h4-5H,2-3,13H2,1H3. The minimum Gasteiger partial charge on any atom is -0.340 e. The summed E-state index contributed by atoms with van der Waals surface area (Å²) in [5.74, 6) is -0.462. The Labute approximate surface area is 113 Å². The first-order chi connectivity index (χ1) is 8.38. The number of nitro benzene ring substituents is 1. The summed E-state index contributed by atoms with van der Waals surface area (Å²) in [6.07, 6.45) is 0. The largest absolute Gasteiger partial charge is 0.340 e. The van der Waals surface area contributed by atoms with Crippen molar-refractivity contribution in [3.05, 3.63) is 37.9 Å². The predicted octanol–water partition coefficient (Wildman–Crippen LogP) is 1.93. The lowest BCUT2D eigenvalue weighted by atomic mass is 10.1. The molecule has 0 bridgehead atoms. The molecule has 0 aliphatic carbocycles. The van der Waals surface area contributed by atoms with Crippen LogP contribution in [0.15, 0.2) is 12.1 Å². The highest BCUT2D eigenvalue weighted by atomic mass is 35.5. The van der Waals surface area contributed by atoms with Crippen molar-refractivity contribution in [1.82, 2.24) is 4.90 Å². The zero-order valence-electron chi connectivity index (χ0n) is 9.52. The second kappa shape index (κ2) is 5.99. The topological polar surface area (TPSA) is 89.5 Å². The van der Waals surface area contributed by atoms with E-state index in [-0.39, 0.29) is 27.8 Å². The smallest absolute Gasteiger partial charge is 0.271 e. The first kappa shape index (κ1) is 14.7. The average molecular weight is 292 g/mol. The second-order valence-corrected chi connectivity index (χ2v) is 4.35. The molecule has 0 aromatic heterocycles. The molecule has 2 N–H and O–H groups in total. The molecule has 1 rings (SSSR count). The third-order valence-electron chi connectivity index (χ3n) is 2.27. The Morgan fingerprint density at radius 1 is 1.50 bits per heavy atom. The summed E-state index contributed by atoms with van der Waals surface area (Å²) >= 11 is 11.6. The number of carbonyl (C=O) groups excluding carboxylic acids is 1. The van der Waals surface area contributed by atoms with Crippen LogP contribution in [0.5, 0.6) is 0 Å². The van der Waals surface area contributed by atoms with Crippen LogP contribution in [0.25, 0.3) is 0 Å². The molecule has 0 saturated carbocycles. The Hall–Kier alpha value is -1.37. The number of amides is 1. The van der Waals surface area contributed by atoms with Gasteiger partial charge in [-0.2, -0.15) is 0 Å². The lowest BCUT2D eigenvalue weighted by Gasteiger charge is -2.16. The third kappa shape index (κ3) is 3.10. The first-order valence-corrected chi connectivity index (χ1v) is 5.73. The molecule has 98 valence electrons. The Bertz CT molecular complexity index is 494. The molecule has 8 heteroatoms. The van der Waals surface area contributed by atoms with Crippen LogP contribution in [0, 0.1) is 10.1 Å². The summed E-state index contributed by atoms with van der Waals surface area (Å²) in [6.45, 7) is 0.595. The minimum absolute atomic E-state index is 0.00358. The Balaban J connectivity index is 3.22. The average Bonchev–Trinajstić information content (AvgIpc) is 2.31. The van der Waals surface area contributed by atoms with Gasteiger partial charge in [-0.1, -0.05) is 23.2 Å². The van der Waals surface area contributed by atoms with Crippen molar-refractivity contribution in [2.75, 3.05) is 20.1 Å². The van der Waals surface area contributed by atoms with E-state index in [1.807, 2.05) is 0 Å². The Morgan fingerprint density at radius 2 is 2.11 bits per heavy atom. The molecular weight excluding hydrogens is 281 g/mol. The van der Waals surface area contributed by atoms with E-state index in [0.29, 0.717) is 6.54 Å². The molecule has 1 amide bonds. The molecule has 0 radical (unpaired) electrons. The van der Waals surface area contributed by atoms with Gasteiger partial charge in [0.1, 0.15) is 0 Å². The molecule has 6 nitrogen and oxygen atoms in total. The summed E-state index contributed by atoms with van der Waals surface area (Å²) in [5, 5.41) is 10.7. The number of hydrogen-bond acceptors (Lipinski definition) is 4. The van der Waals surface area contributed by atoms with Crippen LogP contribution in [0.4, 0.5) is 5.69 Å². The molecule has 1 aromatic carbocycles. The van der Waals surface area contributed by atoms with Crippen LogP contribution in [0.3, 0.4) is 0 Å². The summed E-state index contributed by atoms with van der Waals surface area (Å²) in [5.41, 5.74) is 5.04. The zero-order valence-corrected chi connectivity index (χ0v) is 11.0. The third-order valence-corrected chi connectivity index (χ3v) is 3.07. The highest BCUT2D eigenvalue weighted by molar-refractivity contribution is 6.44. The number of carbonyl (C=O) groups is 1. The van der Waals surface area contributed by atoms with Crippen molar-refractivity contribution in [2.24, 2.45) is 5.73 Å². The molecule has 0 fully saturated rings. The van der Waals surface area contributed by atoms with Crippen LogP contribution in [0.1, 0.15) is 10.4 Å². The number of nitro groups is 1. The lowest BCUT2D eigenvalue weighted by molar-refractivity contribution is -0.384. The van der Waals surface area contributed by atoms with Crippen molar-refractivity contribution in [3.8, 4) is 0 Å². The van der Waals surface area contributed by atoms with Crippen LogP contribution < -0.4 is 5.73 Å². The van der Waals surface area contributed by atoms with Crippen molar-refractivity contribution in [1.29, 1.82) is 0 Å². The molecule has 0 spiro atoms. The maximum atomic E-state index is 12.0. The van der Waals surface area contributed by atoms with Gasteiger partial charge in [0.15, 0.2) is 0 Å². The van der Waals surface area contributed by atoms with E-state index < -0.39 is 10.8 Å². The number of nitrogens with two attached hydrogens (primary N) is 1. The molecular formula is C10H11Cl2N3O3. The van der Waals surface area contributed by atoms with Gasteiger partial charge in [-0.05, 0) is 0 Å². The van der Waals surface area contributed by atoms with E-state index in [1.54, 1.807) is 0 Å². The highest BCUT2D eigenvalue weighted by Gasteiger charge is 2.21. The lowest BCUT2D eigenvalue weighted by Crippen LogP contribution is -2.31. The van der Waals surface area contributed by atoms with E-state index >= 15 is 0 Å². The molecule has 0 heterocycles. The second-order valence-electron chi connectivity index (χ2n) is 3.56. The Kier molecular flexibility index (Phi) is 4.89. The van der Waals surface area contributed by atoms with Crippen LogP contribution in [0.2, 0.25) is 10.0 Å². The number of hydrogen-bond donors (Lipinski definition) is 1. The number of benzene rings is 1. The molecule has 18 heavy (non-hydrogen) atoms. The molecule has 0 atom stereocenters. The SMILES string of the molecule is CN(CCN)C(=O)c1cc([N+](=O)[O-])cc(Cl)c1Cl. The minimum atomic E-state index is -0.637. The van der Waals surface area contributed by atoms with Crippen molar-refractivity contribution in [3.63, 3.8) is 0 Å². The molecule has 0 aliphatic rings. The van der Waals surface area contributed by atoms with E-state index in [1.165, 1.54) is 11.9 Å². The Morgan fingerprint density at radius 3 is 2.61 bits per heavy atom. The van der Waals surface area contributed by atoms with Crippen molar-refractivity contribution in [2.45, 2.75) is 0 Å². The van der Waals surface area contributed by atoms with E-state index in [4.69, 9.17) is 28.9 Å². The fraction of sp³-hybridized carbons (Fsp3) is 0.300. The van der Waals surface area contributed by atoms with E-state index in [2.05, 4.69) is 0 Å². The molecule has 1 aromatic rings. The fourth-order valence-corrected chi connectivity index (χ4v) is 1.74. The maximum absolute atomic E-state index is 12.0. The molecule has 0 saturated heterocycles. The number of nitrogens with zero attached hydrogens (tertiary/aromatic N) is 2. The van der Waals surface area contributed by atoms with Gasteiger partial charge in [-0.3, -0.25) is 14.9 Å². The van der Waals surface area contributed by atoms with Gasteiger partial charge in [-0.25, -0.2) is 0 Å². The van der Waals surface area contributed by atoms with E-state index in [0.717, 1.165) is 12.1 Å². The number of non-ortho nitro benzene ring substituents is 1. The van der Waals surface area contributed by atoms with Gasteiger partial charge in [-0.15, -0.1) is 0 Å². The summed E-state index contributed by atoms with van der Waals surface area (Å²) in [4.78, 5) is 23.4. The van der Waals surface area contributed by atoms with Crippen molar-refractivity contribution >= 4 is 34.8 Å². The predicted molar refractivity (Wildman–Crippen MR) is 69.1 cm³/mol. The van der Waals surface area contributed by atoms with Crippen LogP contribution >= 0.6 is 23.2 Å². The van der Waals surface area contributed by atoms with E-state index in [9.17, 15) is 14.9 Å². The summed E-state index contributed by atoms with van der Waals surface area (Å²) in [7, 11) is 1.53. The summed E-state index contributed by atoms with van der Waals surface area (Å²) < 4.78 is 0. The van der Waals surface area contributed by atoms with Crippen molar-refractivity contribution < 1.29 is 9.72 Å². The number of likely N-dealkylation sites (N-methyl/N-ethyl adjacent to an activating group) is 1. The van der Waals surface area contributed by atoms with Crippen LogP contribution in [-0.2, 0) is 0 Å². The van der Waals surface area contributed by atoms with Gasteiger partial charge in [0.2, 0.25) is 0 Å². The van der Waals surface area contributed by atoms with Gasteiger partial charge >= 0.3 is 0 Å². The molecule has 0 unspecified atom stereocenters. The summed E-state index contributed by atoms with van der Waals surface area (Å²) in [6, 6.07) is 2.20. The number of rotatable bonds is 4. The van der Waals surface area contributed by atoms with Crippen LogP contribution in [-0.4, -0.2) is 35.9 Å². The van der Waals surface area contributed by atoms with Gasteiger partial charge in [0, 0.05) is 32.3 Å². The maximum Gasteiger partial charge on any atom is 0.271 e. The first-order valence-electron chi connectivity index (χ1n) is 4.97. The fourth-order valence-electron chi connectivity index (χ4n) is 1.34. The quantitative estimate of drug-likeness (QED) is 0.678. The highest BCUT2D eigenvalue weighted by Crippen LogP contribution is 2.31. The van der Waals surface area contributed by atoms with Gasteiger partial charge < -0.3 is 10.6 Å².